The maximum Gasteiger partial charge on any atom is 0.0361 e. The summed E-state index contributed by atoms with van der Waals surface area (Å²) in [4.78, 5) is 0. The number of hydrogen-bond donors (Lipinski definition) is 0. The summed E-state index contributed by atoms with van der Waals surface area (Å²) in [5.41, 5.74) is 15.0. The average Bonchev–Trinajstić information content (AvgIpc) is 4.17. The summed E-state index contributed by atoms with van der Waals surface area (Å²) < 4.78 is 5.27. The quantitative estimate of drug-likeness (QED) is 0.146. The lowest BCUT2D eigenvalue weighted by Crippen LogP contribution is -1.91. The molecule has 0 aliphatic carbocycles. The fraction of sp³-hybridized carbons (Fsp3) is 0. The molecule has 0 N–H and O–H groups in total. The van der Waals surface area contributed by atoms with Crippen molar-refractivity contribution in [2.75, 3.05) is 0 Å². The lowest BCUT2D eigenvalue weighted by atomic mass is 9.85. The van der Waals surface area contributed by atoms with Gasteiger partial charge in [-0.15, -0.1) is 22.7 Å². The zero-order valence-electron chi connectivity index (χ0n) is 43.4. The Labute approximate surface area is 470 Å². The van der Waals surface area contributed by atoms with E-state index in [9.17, 15) is 0 Å². The molecule has 0 atom stereocenters. The highest BCUT2D eigenvalue weighted by Gasteiger charge is 2.20. The monoisotopic (exact) mass is 1050 g/mol. The number of benzene rings is 15. The van der Waals surface area contributed by atoms with E-state index in [1.54, 1.807) is 0 Å². The van der Waals surface area contributed by atoms with Gasteiger partial charge in [0.05, 0.1) is 0 Å². The summed E-state index contributed by atoms with van der Waals surface area (Å²) in [5, 5.41) is 20.7. The molecule has 17 rings (SSSR count). The van der Waals surface area contributed by atoms with Crippen LogP contribution in [0, 0.1) is 0 Å². The van der Waals surface area contributed by atoms with Crippen molar-refractivity contribution in [3.63, 3.8) is 0 Å². The van der Waals surface area contributed by atoms with Gasteiger partial charge in [0.1, 0.15) is 0 Å². The minimum Gasteiger partial charge on any atom is -0.135 e. The largest absolute Gasteiger partial charge is 0.135 e. The van der Waals surface area contributed by atoms with E-state index in [0.29, 0.717) is 0 Å². The molecule has 0 spiro atoms. The van der Waals surface area contributed by atoms with Gasteiger partial charge in [-0.05, 0) is 162 Å². The summed E-state index contributed by atoms with van der Waals surface area (Å²) in [5.74, 6) is 0. The molecule has 2 heterocycles. The van der Waals surface area contributed by atoms with E-state index in [4.69, 9.17) is 0 Å². The predicted molar refractivity (Wildman–Crippen MR) is 350 cm³/mol. The second-order valence-corrected chi connectivity index (χ2v) is 23.5. The second-order valence-electron chi connectivity index (χ2n) is 21.4. The number of hydrogen-bond acceptors (Lipinski definition) is 2. The highest BCUT2D eigenvalue weighted by molar-refractivity contribution is 7.26. The van der Waals surface area contributed by atoms with E-state index in [0.717, 1.165) is 0 Å². The minimum absolute atomic E-state index is 1.22. The van der Waals surface area contributed by atoms with Gasteiger partial charge in [0.15, 0.2) is 0 Å². The predicted octanol–water partition coefficient (Wildman–Crippen LogP) is 23.3. The van der Waals surface area contributed by atoms with Crippen LogP contribution in [0.3, 0.4) is 0 Å². The third-order valence-electron chi connectivity index (χ3n) is 17.0. The zero-order chi connectivity index (χ0) is 52.4. The van der Waals surface area contributed by atoms with Gasteiger partial charge in [0.2, 0.25) is 0 Å². The van der Waals surface area contributed by atoms with Crippen LogP contribution in [0.15, 0.2) is 279 Å². The van der Waals surface area contributed by atoms with Crippen molar-refractivity contribution in [2.45, 2.75) is 0 Å². The molecular formula is C78H46S2. The molecule has 0 nitrogen and oxygen atoms in total. The Balaban J connectivity index is 0.706. The van der Waals surface area contributed by atoms with E-state index < -0.39 is 0 Å². The minimum atomic E-state index is 1.22. The van der Waals surface area contributed by atoms with Crippen LogP contribution in [0.4, 0.5) is 0 Å². The Morgan fingerprint density at radius 1 is 0.163 bits per heavy atom. The Kier molecular flexibility index (Phi) is 10.2. The lowest BCUT2D eigenvalue weighted by molar-refractivity contribution is 1.63. The van der Waals surface area contributed by atoms with Crippen LogP contribution in [-0.2, 0) is 0 Å². The summed E-state index contributed by atoms with van der Waals surface area (Å²) >= 11 is 3.80. The molecule has 15 aromatic carbocycles. The topological polar surface area (TPSA) is 0 Å². The Morgan fingerprint density at radius 2 is 0.475 bits per heavy atom. The van der Waals surface area contributed by atoms with Crippen molar-refractivity contribution in [1.82, 2.24) is 0 Å². The first kappa shape index (κ1) is 45.3. The molecule has 0 bridgehead atoms. The van der Waals surface area contributed by atoms with Crippen LogP contribution in [0.5, 0.6) is 0 Å². The van der Waals surface area contributed by atoms with Crippen molar-refractivity contribution in [3.8, 4) is 66.8 Å². The standard InChI is InChI=1S/C78H46S2/c1-2-15-50(16-3-1)73-57-18-6-8-20-59(57)74(60-21-9-7-19-58(60)73)51-31-26-48(27-32-51)54-36-38-67-71(45-54)79-69-42-40-66-65(77(67)69)41-43-70-78(66)68-39-37-55(46-72(68)80-70)49-28-33-52(34-29-49)75-61-22-10-12-24-63(61)76(64-25-13-11-23-62(64)75)56-35-30-47-14-4-5-17-53(47)44-56/h1-46H. The van der Waals surface area contributed by atoms with Gasteiger partial charge in [-0.2, -0.15) is 0 Å². The molecule has 0 fully saturated rings. The summed E-state index contributed by atoms with van der Waals surface area (Å²) in [7, 11) is 0. The summed E-state index contributed by atoms with van der Waals surface area (Å²) in [6.07, 6.45) is 0. The molecule has 370 valence electrons. The van der Waals surface area contributed by atoms with Gasteiger partial charge in [0, 0.05) is 40.3 Å². The fourth-order valence-electron chi connectivity index (χ4n) is 13.4. The van der Waals surface area contributed by atoms with Crippen LogP contribution in [0.1, 0.15) is 0 Å². The van der Waals surface area contributed by atoms with Gasteiger partial charge < -0.3 is 0 Å². The second kappa shape index (κ2) is 17.9. The van der Waals surface area contributed by atoms with Crippen molar-refractivity contribution in [1.29, 1.82) is 0 Å². The first-order valence-electron chi connectivity index (χ1n) is 27.5. The van der Waals surface area contributed by atoms with E-state index in [2.05, 4.69) is 279 Å². The Bertz CT molecular complexity index is 5280. The smallest absolute Gasteiger partial charge is 0.0361 e. The maximum absolute atomic E-state index is 2.41. The van der Waals surface area contributed by atoms with Crippen molar-refractivity contribution in [3.05, 3.63) is 279 Å². The molecule has 0 amide bonds. The van der Waals surface area contributed by atoms with Crippen LogP contribution < -0.4 is 0 Å². The first-order valence-corrected chi connectivity index (χ1v) is 29.2. The SMILES string of the molecule is c1ccc(-c2c3ccccc3c(-c3ccc(-c4ccc5c(c4)sc4ccc6c(ccc7sc8cc(-c9ccc(-c%10c%11ccccc%11c(-c%11ccc%12ccccc%12c%11)c%11ccccc%10%11)cc9)ccc8c76)c45)cc3)c3ccccc23)cc1. The van der Waals surface area contributed by atoms with Crippen LogP contribution >= 0.6 is 22.7 Å². The number of fused-ring (bicyclic) bond motifs is 14. The molecule has 0 saturated heterocycles. The average molecular weight is 1050 g/mol. The third-order valence-corrected chi connectivity index (χ3v) is 19.3. The first-order chi connectivity index (χ1) is 39.7. The van der Waals surface area contributed by atoms with Gasteiger partial charge in [-0.3, -0.25) is 0 Å². The lowest BCUT2D eigenvalue weighted by Gasteiger charge is -2.18. The summed E-state index contributed by atoms with van der Waals surface area (Å²) in [6, 6.07) is 104. The Hall–Kier alpha value is -9.70. The molecule has 0 aliphatic rings. The van der Waals surface area contributed by atoms with Crippen LogP contribution in [-0.4, -0.2) is 0 Å². The van der Waals surface area contributed by atoms with Gasteiger partial charge in [-0.25, -0.2) is 0 Å². The molecule has 0 radical (unpaired) electrons. The Morgan fingerprint density at radius 3 is 0.900 bits per heavy atom. The van der Waals surface area contributed by atoms with Crippen molar-refractivity contribution >= 4 is 128 Å². The molecule has 0 saturated carbocycles. The van der Waals surface area contributed by atoms with E-state index in [1.807, 2.05) is 22.7 Å². The molecule has 2 aromatic heterocycles. The van der Waals surface area contributed by atoms with Crippen molar-refractivity contribution in [2.24, 2.45) is 0 Å². The highest BCUT2D eigenvalue weighted by atomic mass is 32.1. The molecule has 0 aliphatic heterocycles. The highest BCUT2D eigenvalue weighted by Crippen LogP contribution is 2.49. The van der Waals surface area contributed by atoms with Crippen LogP contribution in [0.2, 0.25) is 0 Å². The van der Waals surface area contributed by atoms with E-state index in [-0.39, 0.29) is 0 Å². The van der Waals surface area contributed by atoms with Gasteiger partial charge in [0.25, 0.3) is 0 Å². The maximum atomic E-state index is 2.41. The van der Waals surface area contributed by atoms with Gasteiger partial charge in [-0.1, -0.05) is 249 Å². The zero-order valence-corrected chi connectivity index (χ0v) is 45.0. The molecule has 0 unspecified atom stereocenters. The summed E-state index contributed by atoms with van der Waals surface area (Å²) in [6.45, 7) is 0. The number of rotatable bonds is 6. The molecular weight excluding hydrogens is 1000 g/mol. The normalized spacial score (nSPS) is 12.0. The molecule has 80 heavy (non-hydrogen) atoms. The third kappa shape index (κ3) is 6.99. The molecule has 17 aromatic rings. The fourth-order valence-corrected chi connectivity index (χ4v) is 15.7. The number of thiophene rings is 2. The van der Waals surface area contributed by atoms with E-state index in [1.165, 1.54) is 172 Å². The van der Waals surface area contributed by atoms with Crippen LogP contribution in [0.25, 0.3) is 172 Å². The van der Waals surface area contributed by atoms with E-state index >= 15 is 0 Å². The van der Waals surface area contributed by atoms with Crippen molar-refractivity contribution < 1.29 is 0 Å². The molecule has 2 heteroatoms. The van der Waals surface area contributed by atoms with Gasteiger partial charge >= 0.3 is 0 Å².